The maximum atomic E-state index is 11.7. The van der Waals surface area contributed by atoms with E-state index in [0.717, 1.165) is 6.42 Å². The van der Waals surface area contributed by atoms with Gasteiger partial charge in [-0.3, -0.25) is 4.90 Å². The number of carbonyl (C=O) groups excluding carboxylic acids is 1. The molecule has 0 aliphatic carbocycles. The molecule has 1 unspecified atom stereocenters. The number of hydrogen-bond acceptors (Lipinski definition) is 3. The lowest BCUT2D eigenvalue weighted by Gasteiger charge is -2.22. The van der Waals surface area contributed by atoms with Crippen molar-refractivity contribution in [1.82, 2.24) is 9.80 Å². The Bertz CT molecular complexity index is 442. The Hall–Kier alpha value is -1.97. The topological polar surface area (TPSA) is 32.8 Å². The van der Waals surface area contributed by atoms with E-state index in [1.165, 1.54) is 5.56 Å². The molecular formula is C14H18N2O2. The molecule has 1 amide bonds. The Labute approximate surface area is 107 Å². The second-order valence-electron chi connectivity index (χ2n) is 4.62. The molecule has 4 heteroatoms. The Kier molecular flexibility index (Phi) is 3.55. The van der Waals surface area contributed by atoms with E-state index in [4.69, 9.17) is 4.74 Å². The summed E-state index contributed by atoms with van der Waals surface area (Å²) in [6.07, 6.45) is 0.329. The first-order valence-electron chi connectivity index (χ1n) is 5.96. The minimum atomic E-state index is -0.311. The predicted molar refractivity (Wildman–Crippen MR) is 69.9 cm³/mol. The number of amides is 1. The minimum absolute atomic E-state index is 0.100. The predicted octanol–water partition coefficient (Wildman–Crippen LogP) is 2.08. The van der Waals surface area contributed by atoms with Gasteiger partial charge in [0, 0.05) is 20.5 Å². The van der Waals surface area contributed by atoms with E-state index in [0.29, 0.717) is 12.4 Å². The average molecular weight is 246 g/mol. The molecule has 0 bridgehead atoms. The largest absolute Gasteiger partial charge is 0.444 e. The third-order valence-electron chi connectivity index (χ3n) is 3.01. The molecule has 0 aromatic heterocycles. The van der Waals surface area contributed by atoms with E-state index in [-0.39, 0.29) is 12.2 Å². The standard InChI is InChI=1S/C14H18N2O2/c1-11(15(2)3)16-10-13(18-14(16)17)9-12-7-5-4-6-8-12/h4-8,13H,1,9-10H2,2-3H3. The summed E-state index contributed by atoms with van der Waals surface area (Å²) in [7, 11) is 3.72. The van der Waals surface area contributed by atoms with Crippen LogP contribution >= 0.6 is 0 Å². The van der Waals surface area contributed by atoms with Crippen molar-refractivity contribution in [2.24, 2.45) is 0 Å². The number of rotatable bonds is 4. The van der Waals surface area contributed by atoms with Crippen LogP contribution in [0.1, 0.15) is 5.56 Å². The summed E-state index contributed by atoms with van der Waals surface area (Å²) in [4.78, 5) is 15.1. The molecule has 1 aromatic carbocycles. The van der Waals surface area contributed by atoms with Crippen LogP contribution in [0.15, 0.2) is 42.7 Å². The second-order valence-corrected chi connectivity index (χ2v) is 4.62. The summed E-state index contributed by atoms with van der Waals surface area (Å²) < 4.78 is 5.35. The first-order valence-corrected chi connectivity index (χ1v) is 5.96. The molecule has 0 radical (unpaired) electrons. The van der Waals surface area contributed by atoms with Gasteiger partial charge in [-0.15, -0.1) is 0 Å². The van der Waals surface area contributed by atoms with Crippen LogP contribution in [0.4, 0.5) is 4.79 Å². The van der Waals surface area contributed by atoms with Crippen molar-refractivity contribution in [2.45, 2.75) is 12.5 Å². The lowest BCUT2D eigenvalue weighted by molar-refractivity contribution is 0.133. The van der Waals surface area contributed by atoms with Gasteiger partial charge in [0.1, 0.15) is 11.9 Å². The van der Waals surface area contributed by atoms with Crippen molar-refractivity contribution < 1.29 is 9.53 Å². The van der Waals surface area contributed by atoms with Crippen molar-refractivity contribution in [3.05, 3.63) is 48.3 Å². The molecule has 1 aromatic rings. The van der Waals surface area contributed by atoms with E-state index in [1.54, 1.807) is 4.90 Å². The van der Waals surface area contributed by atoms with Crippen molar-refractivity contribution in [3.63, 3.8) is 0 Å². The second kappa shape index (κ2) is 5.12. The molecule has 1 aliphatic rings. The van der Waals surface area contributed by atoms with E-state index in [1.807, 2.05) is 49.3 Å². The number of ether oxygens (including phenoxy) is 1. The van der Waals surface area contributed by atoms with Crippen LogP contribution in [-0.4, -0.2) is 42.6 Å². The molecule has 1 atom stereocenters. The summed E-state index contributed by atoms with van der Waals surface area (Å²) in [5, 5.41) is 0. The molecule has 1 aliphatic heterocycles. The summed E-state index contributed by atoms with van der Waals surface area (Å²) in [6, 6.07) is 10.0. The van der Waals surface area contributed by atoms with E-state index in [2.05, 4.69) is 6.58 Å². The van der Waals surface area contributed by atoms with E-state index < -0.39 is 0 Å². The zero-order valence-corrected chi connectivity index (χ0v) is 10.8. The van der Waals surface area contributed by atoms with Crippen molar-refractivity contribution in [2.75, 3.05) is 20.6 Å². The highest BCUT2D eigenvalue weighted by atomic mass is 16.6. The van der Waals surface area contributed by atoms with E-state index >= 15 is 0 Å². The quantitative estimate of drug-likeness (QED) is 0.815. The van der Waals surface area contributed by atoms with Gasteiger partial charge in [0.15, 0.2) is 0 Å². The smallest absolute Gasteiger partial charge is 0.415 e. The number of carbonyl (C=O) groups is 1. The van der Waals surface area contributed by atoms with Gasteiger partial charge in [-0.2, -0.15) is 0 Å². The lowest BCUT2D eigenvalue weighted by Crippen LogP contribution is -2.31. The van der Waals surface area contributed by atoms with Crippen molar-refractivity contribution in [3.8, 4) is 0 Å². The normalized spacial score (nSPS) is 18.7. The third-order valence-corrected chi connectivity index (χ3v) is 3.01. The molecule has 96 valence electrons. The molecule has 1 saturated heterocycles. The van der Waals surface area contributed by atoms with Crippen LogP contribution in [0, 0.1) is 0 Å². The average Bonchev–Trinajstić information content (AvgIpc) is 2.70. The SMILES string of the molecule is C=C(N(C)C)N1CC(Cc2ccccc2)OC1=O. The van der Waals surface area contributed by atoms with Crippen LogP contribution in [0.3, 0.4) is 0 Å². The minimum Gasteiger partial charge on any atom is -0.444 e. The summed E-state index contributed by atoms with van der Waals surface area (Å²) >= 11 is 0. The fourth-order valence-electron chi connectivity index (χ4n) is 1.96. The lowest BCUT2D eigenvalue weighted by atomic mass is 10.1. The van der Waals surface area contributed by atoms with Crippen molar-refractivity contribution in [1.29, 1.82) is 0 Å². The zero-order valence-electron chi connectivity index (χ0n) is 10.8. The van der Waals surface area contributed by atoms with Gasteiger partial charge < -0.3 is 9.64 Å². The number of hydrogen-bond donors (Lipinski definition) is 0. The highest BCUT2D eigenvalue weighted by Gasteiger charge is 2.33. The van der Waals surface area contributed by atoms with Gasteiger partial charge in [0.05, 0.1) is 6.54 Å². The molecule has 1 fully saturated rings. The van der Waals surface area contributed by atoms with Gasteiger partial charge in [-0.25, -0.2) is 4.79 Å². The Morgan fingerprint density at radius 2 is 2.11 bits per heavy atom. The number of benzene rings is 1. The summed E-state index contributed by atoms with van der Waals surface area (Å²) in [6.45, 7) is 4.44. The maximum Gasteiger partial charge on any atom is 0.415 e. The Morgan fingerprint density at radius 3 is 2.72 bits per heavy atom. The van der Waals surface area contributed by atoms with Gasteiger partial charge in [-0.05, 0) is 5.56 Å². The van der Waals surface area contributed by atoms with Crippen LogP contribution in [0.25, 0.3) is 0 Å². The molecule has 0 saturated carbocycles. The van der Waals surface area contributed by atoms with E-state index in [9.17, 15) is 4.79 Å². The third kappa shape index (κ3) is 2.64. The zero-order chi connectivity index (χ0) is 13.1. The number of cyclic esters (lactones) is 1. The molecular weight excluding hydrogens is 228 g/mol. The summed E-state index contributed by atoms with van der Waals surface area (Å²) in [5.41, 5.74) is 1.17. The molecule has 0 spiro atoms. The molecule has 2 rings (SSSR count). The van der Waals surface area contributed by atoms with Gasteiger partial charge in [0.2, 0.25) is 0 Å². The Balaban J connectivity index is 1.99. The fourth-order valence-corrected chi connectivity index (χ4v) is 1.96. The van der Waals surface area contributed by atoms with Crippen LogP contribution < -0.4 is 0 Å². The Morgan fingerprint density at radius 1 is 1.44 bits per heavy atom. The van der Waals surface area contributed by atoms with Crippen LogP contribution in [0.5, 0.6) is 0 Å². The fraction of sp³-hybridized carbons (Fsp3) is 0.357. The van der Waals surface area contributed by atoms with Gasteiger partial charge in [0.25, 0.3) is 0 Å². The van der Waals surface area contributed by atoms with Gasteiger partial charge >= 0.3 is 6.09 Å². The first kappa shape index (κ1) is 12.5. The number of nitrogens with zero attached hydrogens (tertiary/aromatic N) is 2. The molecule has 0 N–H and O–H groups in total. The first-order chi connectivity index (χ1) is 8.58. The van der Waals surface area contributed by atoms with Crippen molar-refractivity contribution >= 4 is 6.09 Å². The van der Waals surface area contributed by atoms with Gasteiger partial charge in [-0.1, -0.05) is 36.9 Å². The molecule has 18 heavy (non-hydrogen) atoms. The highest BCUT2D eigenvalue weighted by Crippen LogP contribution is 2.19. The molecule has 1 heterocycles. The molecule has 4 nitrogen and oxygen atoms in total. The monoisotopic (exact) mass is 246 g/mol. The highest BCUT2D eigenvalue weighted by molar-refractivity contribution is 5.72. The summed E-state index contributed by atoms with van der Waals surface area (Å²) in [5.74, 6) is 0.663. The maximum absolute atomic E-state index is 11.7. The van der Waals surface area contributed by atoms with Crippen LogP contribution in [0.2, 0.25) is 0 Å². The van der Waals surface area contributed by atoms with Crippen LogP contribution in [-0.2, 0) is 11.2 Å².